The van der Waals surface area contributed by atoms with Crippen molar-refractivity contribution in [3.63, 3.8) is 0 Å². The van der Waals surface area contributed by atoms with Crippen molar-refractivity contribution in [1.82, 2.24) is 4.98 Å². The van der Waals surface area contributed by atoms with Crippen LogP contribution in [0.15, 0.2) is 17.1 Å². The van der Waals surface area contributed by atoms with Crippen LogP contribution in [0.4, 0.5) is 13.2 Å². The first-order valence-corrected chi connectivity index (χ1v) is 5.31. The minimum Gasteiger partial charge on any atom is -0.481 e. The number of carbonyl (C=O) groups is 1. The maximum absolute atomic E-state index is 12.5. The van der Waals surface area contributed by atoms with Crippen LogP contribution in [0.2, 0.25) is 0 Å². The van der Waals surface area contributed by atoms with Crippen molar-refractivity contribution in [1.29, 1.82) is 0 Å². The SMILES string of the molecule is O=C(O)C1CC(c2c[nH]c(=O)c(C(F)(F)F)c2)C1. The molecule has 0 spiro atoms. The van der Waals surface area contributed by atoms with Crippen molar-refractivity contribution in [2.24, 2.45) is 5.92 Å². The van der Waals surface area contributed by atoms with Crippen LogP contribution in [0.3, 0.4) is 0 Å². The van der Waals surface area contributed by atoms with Gasteiger partial charge in [-0.3, -0.25) is 9.59 Å². The lowest BCUT2D eigenvalue weighted by molar-refractivity contribution is -0.145. The van der Waals surface area contributed by atoms with Gasteiger partial charge in [0.1, 0.15) is 5.56 Å². The van der Waals surface area contributed by atoms with Crippen molar-refractivity contribution >= 4 is 5.97 Å². The molecule has 0 aliphatic heterocycles. The Labute approximate surface area is 99.4 Å². The summed E-state index contributed by atoms with van der Waals surface area (Å²) in [6.45, 7) is 0. The van der Waals surface area contributed by atoms with Gasteiger partial charge in [0, 0.05) is 6.20 Å². The summed E-state index contributed by atoms with van der Waals surface area (Å²) >= 11 is 0. The summed E-state index contributed by atoms with van der Waals surface area (Å²) in [5, 5.41) is 8.69. The Balaban J connectivity index is 2.22. The fraction of sp³-hybridized carbons (Fsp3) is 0.455. The number of aliphatic carboxylic acids is 1. The zero-order valence-electron chi connectivity index (χ0n) is 9.12. The number of H-pyrrole nitrogens is 1. The normalized spacial score (nSPS) is 23.5. The molecule has 2 rings (SSSR count). The molecule has 0 atom stereocenters. The number of nitrogens with one attached hydrogen (secondary N) is 1. The number of pyridine rings is 1. The Morgan fingerprint density at radius 3 is 2.50 bits per heavy atom. The van der Waals surface area contributed by atoms with Crippen molar-refractivity contribution in [2.45, 2.75) is 24.9 Å². The van der Waals surface area contributed by atoms with Gasteiger partial charge >= 0.3 is 12.1 Å². The Kier molecular flexibility index (Phi) is 2.92. The van der Waals surface area contributed by atoms with E-state index in [9.17, 15) is 22.8 Å². The zero-order valence-corrected chi connectivity index (χ0v) is 9.12. The molecule has 1 fully saturated rings. The van der Waals surface area contributed by atoms with Gasteiger partial charge in [-0.05, 0) is 30.4 Å². The molecule has 1 aromatic heterocycles. The van der Waals surface area contributed by atoms with Crippen molar-refractivity contribution in [3.8, 4) is 0 Å². The molecular formula is C11H10F3NO3. The van der Waals surface area contributed by atoms with E-state index in [4.69, 9.17) is 5.11 Å². The van der Waals surface area contributed by atoms with Crippen LogP contribution >= 0.6 is 0 Å². The molecule has 1 heterocycles. The summed E-state index contributed by atoms with van der Waals surface area (Å²) in [7, 11) is 0. The lowest BCUT2D eigenvalue weighted by atomic mass is 9.72. The maximum Gasteiger partial charge on any atom is 0.421 e. The summed E-state index contributed by atoms with van der Waals surface area (Å²) in [6, 6.07) is 0.807. The van der Waals surface area contributed by atoms with E-state index in [1.807, 2.05) is 4.98 Å². The zero-order chi connectivity index (χ0) is 13.5. The van der Waals surface area contributed by atoms with Gasteiger partial charge in [-0.15, -0.1) is 0 Å². The van der Waals surface area contributed by atoms with Gasteiger partial charge in [0.25, 0.3) is 5.56 Å². The fourth-order valence-electron chi connectivity index (χ4n) is 2.04. The van der Waals surface area contributed by atoms with Crippen LogP contribution in [0.1, 0.15) is 29.9 Å². The topological polar surface area (TPSA) is 70.2 Å². The molecule has 0 bridgehead atoms. The van der Waals surface area contributed by atoms with E-state index in [-0.39, 0.29) is 5.92 Å². The highest BCUT2D eigenvalue weighted by Gasteiger charge is 2.38. The van der Waals surface area contributed by atoms with Crippen LogP contribution in [0.5, 0.6) is 0 Å². The van der Waals surface area contributed by atoms with Gasteiger partial charge in [-0.2, -0.15) is 13.2 Å². The summed E-state index contributed by atoms with van der Waals surface area (Å²) in [5.74, 6) is -1.67. The standard InChI is InChI=1S/C11H10F3NO3/c12-11(13,14)8-3-7(4-15-9(8)16)5-1-6(2-5)10(17)18/h3-6H,1-2H2,(H,15,16)(H,17,18). The van der Waals surface area contributed by atoms with E-state index in [0.29, 0.717) is 18.4 Å². The molecule has 1 saturated carbocycles. The molecule has 0 unspecified atom stereocenters. The Morgan fingerprint density at radius 2 is 2.00 bits per heavy atom. The smallest absolute Gasteiger partial charge is 0.421 e. The summed E-state index contributed by atoms with van der Waals surface area (Å²) < 4.78 is 37.5. The third-order valence-electron chi connectivity index (χ3n) is 3.19. The molecule has 1 aliphatic carbocycles. The second kappa shape index (κ2) is 4.15. The van der Waals surface area contributed by atoms with Crippen LogP contribution < -0.4 is 5.56 Å². The lowest BCUT2D eigenvalue weighted by Crippen LogP contribution is -2.30. The van der Waals surface area contributed by atoms with E-state index >= 15 is 0 Å². The molecular weight excluding hydrogens is 251 g/mol. The predicted octanol–water partition coefficient (Wildman–Crippen LogP) is 1.97. The molecule has 2 N–H and O–H groups in total. The van der Waals surface area contributed by atoms with Crippen LogP contribution in [-0.2, 0) is 11.0 Å². The Bertz CT molecular complexity index is 529. The Hall–Kier alpha value is -1.79. The maximum atomic E-state index is 12.5. The molecule has 0 amide bonds. The third-order valence-corrected chi connectivity index (χ3v) is 3.19. The number of aromatic nitrogens is 1. The summed E-state index contributed by atoms with van der Waals surface area (Å²) in [4.78, 5) is 23.7. The third kappa shape index (κ3) is 2.25. The second-order valence-corrected chi connectivity index (χ2v) is 4.38. The molecule has 1 aromatic rings. The summed E-state index contributed by atoms with van der Waals surface area (Å²) in [6.07, 6.45) is -2.86. The molecule has 18 heavy (non-hydrogen) atoms. The molecule has 0 radical (unpaired) electrons. The molecule has 1 aliphatic rings. The van der Waals surface area contributed by atoms with Gasteiger partial charge in [-0.1, -0.05) is 0 Å². The van der Waals surface area contributed by atoms with Crippen molar-refractivity contribution in [2.75, 3.05) is 0 Å². The van der Waals surface area contributed by atoms with E-state index in [1.54, 1.807) is 0 Å². The molecule has 4 nitrogen and oxygen atoms in total. The number of alkyl halides is 3. The van der Waals surface area contributed by atoms with Gasteiger partial charge in [0.15, 0.2) is 0 Å². The average molecular weight is 261 g/mol. The number of carboxylic acid groups (broad SMARTS) is 1. The Morgan fingerprint density at radius 1 is 1.39 bits per heavy atom. The largest absolute Gasteiger partial charge is 0.481 e. The number of halogens is 3. The van der Waals surface area contributed by atoms with Gasteiger partial charge in [-0.25, -0.2) is 0 Å². The van der Waals surface area contributed by atoms with Crippen LogP contribution in [-0.4, -0.2) is 16.1 Å². The first-order valence-electron chi connectivity index (χ1n) is 5.31. The quantitative estimate of drug-likeness (QED) is 0.855. The molecule has 98 valence electrons. The van der Waals surface area contributed by atoms with E-state index in [1.165, 1.54) is 6.20 Å². The second-order valence-electron chi connectivity index (χ2n) is 4.38. The van der Waals surface area contributed by atoms with Crippen LogP contribution in [0.25, 0.3) is 0 Å². The summed E-state index contributed by atoms with van der Waals surface area (Å²) in [5.41, 5.74) is -2.08. The first kappa shape index (κ1) is 12.7. The van der Waals surface area contributed by atoms with Crippen LogP contribution in [0, 0.1) is 5.92 Å². The fourth-order valence-corrected chi connectivity index (χ4v) is 2.04. The molecule has 7 heteroatoms. The monoisotopic (exact) mass is 261 g/mol. The molecule has 0 saturated heterocycles. The van der Waals surface area contributed by atoms with E-state index in [0.717, 1.165) is 6.07 Å². The number of hydrogen-bond acceptors (Lipinski definition) is 2. The minimum absolute atomic E-state index is 0.232. The number of rotatable bonds is 2. The van der Waals surface area contributed by atoms with E-state index < -0.39 is 29.2 Å². The van der Waals surface area contributed by atoms with E-state index in [2.05, 4.69) is 0 Å². The highest BCUT2D eigenvalue weighted by atomic mass is 19.4. The number of aromatic amines is 1. The average Bonchev–Trinajstić information content (AvgIpc) is 2.15. The van der Waals surface area contributed by atoms with Gasteiger partial charge < -0.3 is 10.1 Å². The van der Waals surface area contributed by atoms with Crippen molar-refractivity contribution in [3.05, 3.63) is 33.7 Å². The first-order chi connectivity index (χ1) is 8.29. The van der Waals surface area contributed by atoms with Crippen molar-refractivity contribution < 1.29 is 23.1 Å². The minimum atomic E-state index is -4.69. The van der Waals surface area contributed by atoms with Gasteiger partial charge in [0.05, 0.1) is 5.92 Å². The molecule has 0 aromatic carbocycles. The predicted molar refractivity (Wildman–Crippen MR) is 55.2 cm³/mol. The number of hydrogen-bond donors (Lipinski definition) is 2. The number of carboxylic acids is 1. The highest BCUT2D eigenvalue weighted by molar-refractivity contribution is 5.71. The lowest BCUT2D eigenvalue weighted by Gasteiger charge is -2.32. The highest BCUT2D eigenvalue weighted by Crippen LogP contribution is 2.42. The van der Waals surface area contributed by atoms with Gasteiger partial charge in [0.2, 0.25) is 0 Å².